The van der Waals surface area contributed by atoms with Crippen molar-refractivity contribution in [2.45, 2.75) is 25.7 Å². The molecular formula is C13H14N2O4. The van der Waals surface area contributed by atoms with Crippen molar-refractivity contribution in [2.24, 2.45) is 0 Å². The summed E-state index contributed by atoms with van der Waals surface area (Å²) in [5, 5.41) is 22.5. The van der Waals surface area contributed by atoms with Crippen LogP contribution in [-0.4, -0.2) is 15.9 Å². The first-order chi connectivity index (χ1) is 9.04. The molecule has 0 atom stereocenters. The number of phenols is 1. The van der Waals surface area contributed by atoms with Gasteiger partial charge in [-0.2, -0.15) is 0 Å². The number of carbonyl (C=O) groups is 1. The Hall–Kier alpha value is -2.55. The van der Waals surface area contributed by atoms with Gasteiger partial charge in [0.1, 0.15) is 5.75 Å². The van der Waals surface area contributed by atoms with Gasteiger partial charge in [0.2, 0.25) is 5.91 Å². The lowest BCUT2D eigenvalue weighted by Crippen LogP contribution is -2.11. The highest BCUT2D eigenvalue weighted by molar-refractivity contribution is 5.92. The molecule has 1 rings (SSSR count). The SMILES string of the molecule is C#CCCCCC(=O)Nc1cc([N+](=O)[O-])ccc1O. The third-order valence-electron chi connectivity index (χ3n) is 2.44. The van der Waals surface area contributed by atoms with Gasteiger partial charge in [0.15, 0.2) is 0 Å². The molecular weight excluding hydrogens is 248 g/mol. The Balaban J connectivity index is 2.61. The number of rotatable bonds is 6. The Kier molecular flexibility index (Phi) is 5.35. The Morgan fingerprint density at radius 2 is 2.21 bits per heavy atom. The number of nitrogens with one attached hydrogen (secondary N) is 1. The number of phenolic OH excluding ortho intramolecular Hbond substituents is 1. The number of benzene rings is 1. The van der Waals surface area contributed by atoms with Crippen LogP contribution in [0, 0.1) is 22.5 Å². The number of anilines is 1. The van der Waals surface area contributed by atoms with Crippen LogP contribution in [0.15, 0.2) is 18.2 Å². The minimum Gasteiger partial charge on any atom is -0.506 e. The number of terminal acetylenes is 1. The first-order valence-corrected chi connectivity index (χ1v) is 5.75. The number of unbranched alkanes of at least 4 members (excludes halogenated alkanes) is 2. The average molecular weight is 262 g/mol. The number of aromatic hydroxyl groups is 1. The summed E-state index contributed by atoms with van der Waals surface area (Å²) in [5.74, 6) is 1.96. The number of hydrogen-bond donors (Lipinski definition) is 2. The summed E-state index contributed by atoms with van der Waals surface area (Å²) >= 11 is 0. The number of carbonyl (C=O) groups excluding carboxylic acids is 1. The molecule has 0 spiro atoms. The van der Waals surface area contributed by atoms with Crippen LogP contribution in [0.1, 0.15) is 25.7 Å². The number of amides is 1. The summed E-state index contributed by atoms with van der Waals surface area (Å²) in [6.07, 6.45) is 7.32. The third-order valence-corrected chi connectivity index (χ3v) is 2.44. The van der Waals surface area contributed by atoms with E-state index in [1.807, 2.05) is 0 Å². The smallest absolute Gasteiger partial charge is 0.271 e. The molecule has 0 aliphatic carbocycles. The molecule has 1 amide bonds. The molecule has 0 aromatic heterocycles. The number of non-ortho nitro benzene ring substituents is 1. The van der Waals surface area contributed by atoms with E-state index in [1.54, 1.807) is 0 Å². The lowest BCUT2D eigenvalue weighted by atomic mass is 10.2. The van der Waals surface area contributed by atoms with E-state index in [0.29, 0.717) is 12.8 Å². The van der Waals surface area contributed by atoms with Crippen LogP contribution >= 0.6 is 0 Å². The van der Waals surface area contributed by atoms with E-state index in [0.717, 1.165) is 18.6 Å². The summed E-state index contributed by atoms with van der Waals surface area (Å²) in [7, 11) is 0. The van der Waals surface area contributed by atoms with Gasteiger partial charge in [-0.1, -0.05) is 0 Å². The van der Waals surface area contributed by atoms with Gasteiger partial charge in [-0.3, -0.25) is 14.9 Å². The minimum absolute atomic E-state index is 0.0381. The summed E-state index contributed by atoms with van der Waals surface area (Å²) in [6, 6.07) is 3.46. The fourth-order valence-corrected chi connectivity index (χ4v) is 1.46. The van der Waals surface area contributed by atoms with E-state index in [9.17, 15) is 20.0 Å². The first kappa shape index (κ1) is 14.5. The predicted molar refractivity (Wildman–Crippen MR) is 70.7 cm³/mol. The molecule has 6 nitrogen and oxygen atoms in total. The van der Waals surface area contributed by atoms with E-state index >= 15 is 0 Å². The maximum atomic E-state index is 11.6. The first-order valence-electron chi connectivity index (χ1n) is 5.75. The van der Waals surface area contributed by atoms with Crippen molar-refractivity contribution < 1.29 is 14.8 Å². The van der Waals surface area contributed by atoms with Gasteiger partial charge in [0.25, 0.3) is 5.69 Å². The normalized spacial score (nSPS) is 9.63. The van der Waals surface area contributed by atoms with Crippen LogP contribution < -0.4 is 5.32 Å². The summed E-state index contributed by atoms with van der Waals surface area (Å²) < 4.78 is 0. The lowest BCUT2D eigenvalue weighted by molar-refractivity contribution is -0.384. The second-order valence-corrected chi connectivity index (χ2v) is 3.92. The fourth-order valence-electron chi connectivity index (χ4n) is 1.46. The van der Waals surface area contributed by atoms with Gasteiger partial charge < -0.3 is 10.4 Å². The Bertz CT molecular complexity index is 520. The number of nitrogens with zero attached hydrogens (tertiary/aromatic N) is 1. The number of hydrogen-bond acceptors (Lipinski definition) is 4. The topological polar surface area (TPSA) is 92.5 Å². The van der Waals surface area contributed by atoms with E-state index in [2.05, 4.69) is 11.2 Å². The van der Waals surface area contributed by atoms with Crippen LogP contribution in [0.2, 0.25) is 0 Å². The third kappa shape index (κ3) is 4.68. The maximum Gasteiger partial charge on any atom is 0.271 e. The van der Waals surface area contributed by atoms with Gasteiger partial charge in [-0.15, -0.1) is 12.3 Å². The molecule has 0 saturated carbocycles. The zero-order chi connectivity index (χ0) is 14.3. The van der Waals surface area contributed by atoms with Crippen molar-refractivity contribution in [1.82, 2.24) is 0 Å². The molecule has 0 radical (unpaired) electrons. The summed E-state index contributed by atoms with van der Waals surface area (Å²) in [5.41, 5.74) is -0.156. The number of nitro benzene ring substituents is 1. The van der Waals surface area contributed by atoms with Gasteiger partial charge in [0.05, 0.1) is 10.6 Å². The molecule has 0 aliphatic rings. The molecule has 1 aromatic carbocycles. The van der Waals surface area contributed by atoms with Crippen molar-refractivity contribution in [3.8, 4) is 18.1 Å². The molecule has 0 heterocycles. The molecule has 0 fully saturated rings. The minimum atomic E-state index is -0.595. The molecule has 0 bridgehead atoms. The fraction of sp³-hybridized carbons (Fsp3) is 0.308. The van der Waals surface area contributed by atoms with Gasteiger partial charge in [0, 0.05) is 25.0 Å². The van der Waals surface area contributed by atoms with Crippen LogP contribution in [0.3, 0.4) is 0 Å². The van der Waals surface area contributed by atoms with Crippen LogP contribution in [-0.2, 0) is 4.79 Å². The van der Waals surface area contributed by atoms with Crippen molar-refractivity contribution in [3.05, 3.63) is 28.3 Å². The quantitative estimate of drug-likeness (QED) is 0.271. The molecule has 19 heavy (non-hydrogen) atoms. The van der Waals surface area contributed by atoms with Gasteiger partial charge in [-0.25, -0.2) is 0 Å². The lowest BCUT2D eigenvalue weighted by Gasteiger charge is -2.06. The zero-order valence-corrected chi connectivity index (χ0v) is 10.3. The predicted octanol–water partition coefficient (Wildman–Crippen LogP) is 2.43. The van der Waals surface area contributed by atoms with Crippen molar-refractivity contribution >= 4 is 17.3 Å². The highest BCUT2D eigenvalue weighted by Crippen LogP contribution is 2.27. The summed E-state index contributed by atoms with van der Waals surface area (Å²) in [4.78, 5) is 21.6. The van der Waals surface area contributed by atoms with E-state index in [-0.39, 0.29) is 29.5 Å². The molecule has 6 heteroatoms. The second kappa shape index (κ2) is 7.01. The Morgan fingerprint density at radius 3 is 2.84 bits per heavy atom. The van der Waals surface area contributed by atoms with E-state index in [1.165, 1.54) is 6.07 Å². The van der Waals surface area contributed by atoms with Crippen LogP contribution in [0.4, 0.5) is 11.4 Å². The molecule has 0 aliphatic heterocycles. The van der Waals surface area contributed by atoms with E-state index < -0.39 is 4.92 Å². The zero-order valence-electron chi connectivity index (χ0n) is 10.3. The molecule has 2 N–H and O–H groups in total. The van der Waals surface area contributed by atoms with Crippen molar-refractivity contribution in [1.29, 1.82) is 0 Å². The molecule has 0 unspecified atom stereocenters. The van der Waals surface area contributed by atoms with Crippen LogP contribution in [0.5, 0.6) is 5.75 Å². The van der Waals surface area contributed by atoms with Gasteiger partial charge in [-0.05, 0) is 18.9 Å². The maximum absolute atomic E-state index is 11.6. The standard InChI is InChI=1S/C13H14N2O4/c1-2-3-4-5-6-13(17)14-11-9-10(15(18)19)7-8-12(11)16/h1,7-9,16H,3-6H2,(H,14,17). The summed E-state index contributed by atoms with van der Waals surface area (Å²) in [6.45, 7) is 0. The monoisotopic (exact) mass is 262 g/mol. The average Bonchev–Trinajstić information content (AvgIpc) is 2.37. The molecule has 1 aromatic rings. The number of nitro groups is 1. The van der Waals surface area contributed by atoms with Crippen LogP contribution in [0.25, 0.3) is 0 Å². The molecule has 0 saturated heterocycles. The highest BCUT2D eigenvalue weighted by Gasteiger charge is 2.12. The highest BCUT2D eigenvalue weighted by atomic mass is 16.6. The van der Waals surface area contributed by atoms with Gasteiger partial charge >= 0.3 is 0 Å². The Morgan fingerprint density at radius 1 is 1.47 bits per heavy atom. The van der Waals surface area contributed by atoms with E-state index in [4.69, 9.17) is 6.42 Å². The van der Waals surface area contributed by atoms with Crippen molar-refractivity contribution in [2.75, 3.05) is 5.32 Å². The Labute approximate surface area is 110 Å². The second-order valence-electron chi connectivity index (χ2n) is 3.92. The van der Waals surface area contributed by atoms with Crippen molar-refractivity contribution in [3.63, 3.8) is 0 Å². The molecule has 100 valence electrons. The largest absolute Gasteiger partial charge is 0.506 e.